The number of rotatable bonds is 13. The molecule has 110 valence electrons. The molecule has 0 aliphatic heterocycles. The molecule has 0 aliphatic carbocycles. The van der Waals surface area contributed by atoms with Gasteiger partial charge in [-0.05, 0) is 32.6 Å². The molecule has 0 fully saturated rings. The minimum atomic E-state index is -0.449. The van der Waals surface area contributed by atoms with Gasteiger partial charge in [0.1, 0.15) is 0 Å². The molecule has 0 heterocycles. The van der Waals surface area contributed by atoms with Crippen LogP contribution in [0.4, 0.5) is 0 Å². The van der Waals surface area contributed by atoms with Crippen molar-refractivity contribution in [3.63, 3.8) is 0 Å². The Balaban J connectivity index is 3.08. The molecular weight excluding hydrogens is 234 g/mol. The molecule has 0 aromatic carbocycles. The molecule has 1 atom stereocenters. The van der Waals surface area contributed by atoms with Crippen molar-refractivity contribution in [1.29, 1.82) is 0 Å². The Labute approximate surface area is 111 Å². The molecule has 0 rings (SSSR count). The van der Waals surface area contributed by atoms with Crippen LogP contribution in [0.2, 0.25) is 0 Å². The predicted octanol–water partition coefficient (Wildman–Crippen LogP) is 0.936. The van der Waals surface area contributed by atoms with Gasteiger partial charge in [-0.3, -0.25) is 0 Å². The number of aliphatic hydroxyl groups is 1. The van der Waals surface area contributed by atoms with E-state index < -0.39 is 5.54 Å². The van der Waals surface area contributed by atoms with Crippen LogP contribution < -0.4 is 5.73 Å². The zero-order valence-electron chi connectivity index (χ0n) is 11.8. The van der Waals surface area contributed by atoms with Crippen LogP contribution in [0.25, 0.3) is 0 Å². The van der Waals surface area contributed by atoms with E-state index in [9.17, 15) is 0 Å². The van der Waals surface area contributed by atoms with Crippen LogP contribution in [0.5, 0.6) is 0 Å². The molecule has 0 bridgehead atoms. The number of ether oxygens (including phenoxy) is 3. The maximum Gasteiger partial charge on any atom is 0.0700 e. The highest BCUT2D eigenvalue weighted by atomic mass is 16.5. The zero-order chi connectivity index (χ0) is 13.7. The third-order valence-electron chi connectivity index (χ3n) is 2.66. The van der Waals surface area contributed by atoms with E-state index in [1.807, 2.05) is 6.92 Å². The van der Waals surface area contributed by atoms with Crippen molar-refractivity contribution >= 4 is 0 Å². The van der Waals surface area contributed by atoms with E-state index in [-0.39, 0.29) is 6.61 Å². The van der Waals surface area contributed by atoms with Gasteiger partial charge in [-0.25, -0.2) is 0 Å². The molecule has 0 saturated heterocycles. The van der Waals surface area contributed by atoms with Crippen molar-refractivity contribution in [3.05, 3.63) is 0 Å². The highest BCUT2D eigenvalue weighted by Crippen LogP contribution is 2.09. The molecule has 0 saturated carbocycles. The van der Waals surface area contributed by atoms with Crippen LogP contribution in [0.15, 0.2) is 0 Å². The van der Waals surface area contributed by atoms with Gasteiger partial charge < -0.3 is 25.1 Å². The van der Waals surface area contributed by atoms with Gasteiger partial charge >= 0.3 is 0 Å². The normalized spacial score (nSPS) is 14.7. The fourth-order valence-electron chi connectivity index (χ4n) is 1.42. The number of nitrogens with two attached hydrogens (primary N) is 1. The topological polar surface area (TPSA) is 73.9 Å². The average Bonchev–Trinajstić information content (AvgIpc) is 2.36. The molecule has 0 radical (unpaired) electrons. The third kappa shape index (κ3) is 12.3. The van der Waals surface area contributed by atoms with Crippen LogP contribution in [0.1, 0.15) is 32.6 Å². The second-order valence-corrected chi connectivity index (χ2v) is 4.84. The summed E-state index contributed by atoms with van der Waals surface area (Å²) in [6.45, 7) is 5.38. The summed E-state index contributed by atoms with van der Waals surface area (Å²) >= 11 is 0. The Morgan fingerprint density at radius 1 is 0.944 bits per heavy atom. The van der Waals surface area contributed by atoms with Crippen LogP contribution in [0.3, 0.4) is 0 Å². The number of hydrogen-bond acceptors (Lipinski definition) is 5. The van der Waals surface area contributed by atoms with Gasteiger partial charge in [0.2, 0.25) is 0 Å². The summed E-state index contributed by atoms with van der Waals surface area (Å²) in [7, 11) is 1.66. The summed E-state index contributed by atoms with van der Waals surface area (Å²) < 4.78 is 15.7. The molecular formula is C13H29NO4. The Bertz CT molecular complexity index is 176. The van der Waals surface area contributed by atoms with Crippen molar-refractivity contribution in [2.75, 3.05) is 46.8 Å². The summed E-state index contributed by atoms with van der Waals surface area (Å²) in [5.41, 5.74) is 5.37. The first-order valence-electron chi connectivity index (χ1n) is 6.66. The number of hydrogen-bond donors (Lipinski definition) is 2. The molecule has 18 heavy (non-hydrogen) atoms. The fraction of sp³-hybridized carbons (Fsp3) is 1.00. The Morgan fingerprint density at radius 2 is 1.56 bits per heavy atom. The van der Waals surface area contributed by atoms with Crippen molar-refractivity contribution in [1.82, 2.24) is 0 Å². The second-order valence-electron chi connectivity index (χ2n) is 4.84. The summed E-state index contributed by atoms with van der Waals surface area (Å²) in [4.78, 5) is 0. The SMILES string of the molecule is COCCOCCCOCCCCC(C)(N)CO. The lowest BCUT2D eigenvalue weighted by Crippen LogP contribution is -2.39. The van der Waals surface area contributed by atoms with Crippen molar-refractivity contribution in [2.45, 2.75) is 38.1 Å². The van der Waals surface area contributed by atoms with E-state index in [1.165, 1.54) is 0 Å². The lowest BCUT2D eigenvalue weighted by Gasteiger charge is -2.21. The largest absolute Gasteiger partial charge is 0.394 e. The molecule has 0 amide bonds. The molecule has 5 heteroatoms. The third-order valence-corrected chi connectivity index (χ3v) is 2.66. The van der Waals surface area contributed by atoms with Gasteiger partial charge in [0.05, 0.1) is 19.8 Å². The fourth-order valence-corrected chi connectivity index (χ4v) is 1.42. The van der Waals surface area contributed by atoms with E-state index in [4.69, 9.17) is 25.1 Å². The predicted molar refractivity (Wildman–Crippen MR) is 71.7 cm³/mol. The summed E-state index contributed by atoms with van der Waals surface area (Å²) in [6, 6.07) is 0. The molecule has 0 aromatic heterocycles. The number of unbranched alkanes of at least 4 members (excludes halogenated alkanes) is 1. The van der Waals surface area contributed by atoms with E-state index in [1.54, 1.807) is 7.11 Å². The Hall–Kier alpha value is -0.200. The minimum Gasteiger partial charge on any atom is -0.394 e. The Kier molecular flexibility index (Phi) is 11.7. The highest BCUT2D eigenvalue weighted by molar-refractivity contribution is 4.76. The molecule has 0 spiro atoms. The van der Waals surface area contributed by atoms with Gasteiger partial charge in [-0.2, -0.15) is 0 Å². The first kappa shape index (κ1) is 17.8. The minimum absolute atomic E-state index is 0.0344. The van der Waals surface area contributed by atoms with E-state index in [0.717, 1.165) is 45.5 Å². The standard InChI is InChI=1S/C13H29NO4/c1-13(14,12-15)6-3-4-7-17-8-5-9-18-11-10-16-2/h15H,3-12,14H2,1-2H3. The molecule has 0 aromatic rings. The monoisotopic (exact) mass is 263 g/mol. The van der Waals surface area contributed by atoms with Gasteiger partial charge in [0.25, 0.3) is 0 Å². The van der Waals surface area contributed by atoms with Gasteiger partial charge in [-0.15, -0.1) is 0 Å². The van der Waals surface area contributed by atoms with Crippen LogP contribution in [0, 0.1) is 0 Å². The van der Waals surface area contributed by atoms with Gasteiger partial charge in [-0.1, -0.05) is 0 Å². The first-order valence-corrected chi connectivity index (χ1v) is 6.66. The van der Waals surface area contributed by atoms with Gasteiger partial charge in [0, 0.05) is 32.5 Å². The van der Waals surface area contributed by atoms with Crippen LogP contribution >= 0.6 is 0 Å². The summed E-state index contributed by atoms with van der Waals surface area (Å²) in [5.74, 6) is 0. The van der Waals surface area contributed by atoms with Gasteiger partial charge in [0.15, 0.2) is 0 Å². The summed E-state index contributed by atoms with van der Waals surface area (Å²) in [6.07, 6.45) is 3.71. The number of methoxy groups -OCH3 is 1. The van der Waals surface area contributed by atoms with E-state index >= 15 is 0 Å². The summed E-state index contributed by atoms with van der Waals surface area (Å²) in [5, 5.41) is 8.98. The number of aliphatic hydroxyl groups excluding tert-OH is 1. The van der Waals surface area contributed by atoms with Crippen LogP contribution in [-0.4, -0.2) is 57.4 Å². The average molecular weight is 263 g/mol. The molecule has 0 aliphatic rings. The van der Waals surface area contributed by atoms with Crippen molar-refractivity contribution < 1.29 is 19.3 Å². The lowest BCUT2D eigenvalue weighted by molar-refractivity contribution is 0.0505. The van der Waals surface area contributed by atoms with Crippen LogP contribution in [-0.2, 0) is 14.2 Å². The molecule has 1 unspecified atom stereocenters. The quantitative estimate of drug-likeness (QED) is 0.484. The van der Waals surface area contributed by atoms with E-state index in [0.29, 0.717) is 13.2 Å². The van der Waals surface area contributed by atoms with Crippen molar-refractivity contribution in [3.8, 4) is 0 Å². The molecule has 5 nitrogen and oxygen atoms in total. The Morgan fingerprint density at radius 3 is 2.17 bits per heavy atom. The first-order chi connectivity index (χ1) is 8.62. The van der Waals surface area contributed by atoms with E-state index in [2.05, 4.69) is 0 Å². The smallest absolute Gasteiger partial charge is 0.0700 e. The maximum atomic E-state index is 8.98. The second kappa shape index (κ2) is 11.9. The lowest BCUT2D eigenvalue weighted by atomic mass is 9.97. The zero-order valence-corrected chi connectivity index (χ0v) is 11.8. The maximum absolute atomic E-state index is 8.98. The van der Waals surface area contributed by atoms with Crippen molar-refractivity contribution in [2.24, 2.45) is 5.73 Å². The molecule has 3 N–H and O–H groups in total. The highest BCUT2D eigenvalue weighted by Gasteiger charge is 2.15.